The van der Waals surface area contributed by atoms with Crippen molar-refractivity contribution in [2.24, 2.45) is 5.41 Å². The zero-order valence-corrected chi connectivity index (χ0v) is 12.7. The lowest BCUT2D eigenvalue weighted by atomic mass is 9.90. The largest absolute Gasteiger partial charge is 0.481 e. The topological polar surface area (TPSA) is 87.5 Å². The van der Waals surface area contributed by atoms with Gasteiger partial charge >= 0.3 is 12.0 Å². The summed E-state index contributed by atoms with van der Waals surface area (Å²) in [7, 11) is 0. The van der Waals surface area contributed by atoms with E-state index in [-0.39, 0.29) is 18.6 Å². The Bertz CT molecular complexity index is 542. The normalized spacial score (nSPS) is 23.1. The fraction of sp³-hybridized carbons (Fsp3) is 0.643. The molecule has 2 heterocycles. The van der Waals surface area contributed by atoms with Crippen LogP contribution in [0.4, 0.5) is 4.79 Å². The van der Waals surface area contributed by atoms with Gasteiger partial charge in [0.1, 0.15) is 0 Å². The highest BCUT2D eigenvalue weighted by Crippen LogP contribution is 2.30. The molecule has 1 saturated heterocycles. The molecule has 1 aromatic rings. The van der Waals surface area contributed by atoms with Crippen molar-refractivity contribution in [3.8, 4) is 0 Å². The van der Waals surface area contributed by atoms with Gasteiger partial charge in [0.05, 0.1) is 17.7 Å². The minimum absolute atomic E-state index is 0.158. The Labute approximate surface area is 123 Å². The molecule has 0 aliphatic carbocycles. The first-order valence-corrected chi connectivity index (χ1v) is 7.17. The Hall–Kier alpha value is -2.05. The van der Waals surface area contributed by atoms with E-state index in [1.807, 2.05) is 20.0 Å². The van der Waals surface area contributed by atoms with Gasteiger partial charge in [0, 0.05) is 31.4 Å². The van der Waals surface area contributed by atoms with E-state index in [0.717, 1.165) is 12.1 Å². The van der Waals surface area contributed by atoms with E-state index >= 15 is 0 Å². The number of aryl methyl sites for hydroxylation is 1. The van der Waals surface area contributed by atoms with Gasteiger partial charge in [-0.15, -0.1) is 0 Å². The number of carbonyl (C=O) groups excluding carboxylic acids is 1. The maximum absolute atomic E-state index is 12.2. The number of nitrogens with zero attached hydrogens (tertiary/aromatic N) is 3. The third-order valence-corrected chi connectivity index (χ3v) is 4.09. The molecule has 0 bridgehead atoms. The standard InChI is InChI=1S/C14H22N4O3/c1-4-18-8-11(7-15-18)10(2)16-13(21)17-6-5-14(3,9-17)12(19)20/h7-8,10H,4-6,9H2,1-3H3,(H,16,21)(H,19,20)/t10-,14-/m0/s1. The molecule has 7 heteroatoms. The van der Waals surface area contributed by atoms with Crippen molar-refractivity contribution in [1.29, 1.82) is 0 Å². The van der Waals surface area contributed by atoms with Crippen molar-refractivity contribution >= 4 is 12.0 Å². The number of aromatic nitrogens is 2. The van der Waals surface area contributed by atoms with Gasteiger partial charge in [-0.25, -0.2) is 4.79 Å². The number of likely N-dealkylation sites (tertiary alicyclic amines) is 1. The van der Waals surface area contributed by atoms with Crippen LogP contribution >= 0.6 is 0 Å². The van der Waals surface area contributed by atoms with Crippen LogP contribution < -0.4 is 5.32 Å². The summed E-state index contributed by atoms with van der Waals surface area (Å²) in [5, 5.41) is 16.3. The summed E-state index contributed by atoms with van der Waals surface area (Å²) in [6, 6.07) is -0.383. The van der Waals surface area contributed by atoms with E-state index < -0.39 is 11.4 Å². The molecular weight excluding hydrogens is 272 g/mol. The van der Waals surface area contributed by atoms with Crippen LogP contribution in [0.25, 0.3) is 0 Å². The summed E-state index contributed by atoms with van der Waals surface area (Å²) in [5.41, 5.74) is 0.0959. The molecule has 7 nitrogen and oxygen atoms in total. The fourth-order valence-electron chi connectivity index (χ4n) is 2.44. The number of hydrogen-bond acceptors (Lipinski definition) is 3. The van der Waals surface area contributed by atoms with Crippen LogP contribution in [0.2, 0.25) is 0 Å². The molecule has 2 rings (SSSR count). The van der Waals surface area contributed by atoms with Gasteiger partial charge in [-0.3, -0.25) is 9.48 Å². The lowest BCUT2D eigenvalue weighted by molar-refractivity contribution is -0.146. The Morgan fingerprint density at radius 2 is 2.29 bits per heavy atom. The van der Waals surface area contributed by atoms with Crippen LogP contribution in [0.3, 0.4) is 0 Å². The first kappa shape index (κ1) is 15.3. The monoisotopic (exact) mass is 294 g/mol. The van der Waals surface area contributed by atoms with Crippen molar-refractivity contribution in [2.45, 2.75) is 39.8 Å². The molecule has 0 spiro atoms. The molecule has 1 aliphatic heterocycles. The number of carboxylic acid groups (broad SMARTS) is 1. The zero-order chi connectivity index (χ0) is 15.6. The van der Waals surface area contributed by atoms with Gasteiger partial charge in [-0.1, -0.05) is 0 Å². The molecular formula is C14H22N4O3. The molecule has 1 fully saturated rings. The zero-order valence-electron chi connectivity index (χ0n) is 12.7. The van der Waals surface area contributed by atoms with E-state index in [2.05, 4.69) is 10.4 Å². The van der Waals surface area contributed by atoms with Crippen LogP contribution in [-0.4, -0.2) is 44.9 Å². The number of nitrogens with one attached hydrogen (secondary N) is 1. The Morgan fingerprint density at radius 1 is 1.57 bits per heavy atom. The maximum Gasteiger partial charge on any atom is 0.317 e. The molecule has 2 N–H and O–H groups in total. The SMILES string of the molecule is CCn1cc([C@H](C)NC(=O)N2CC[C@](C)(C(=O)O)C2)cn1. The van der Waals surface area contributed by atoms with Crippen LogP contribution in [0, 0.1) is 5.41 Å². The third kappa shape index (κ3) is 3.17. The van der Waals surface area contributed by atoms with E-state index in [9.17, 15) is 14.7 Å². The molecule has 21 heavy (non-hydrogen) atoms. The molecule has 0 radical (unpaired) electrons. The quantitative estimate of drug-likeness (QED) is 0.880. The highest BCUT2D eigenvalue weighted by Gasteiger charge is 2.42. The Balaban J connectivity index is 1.94. The molecule has 0 saturated carbocycles. The molecule has 116 valence electrons. The molecule has 2 atom stereocenters. The second-order valence-electron chi connectivity index (χ2n) is 5.84. The van der Waals surface area contributed by atoms with Crippen LogP contribution in [0.5, 0.6) is 0 Å². The minimum atomic E-state index is -0.852. The summed E-state index contributed by atoms with van der Waals surface area (Å²) < 4.78 is 1.80. The Morgan fingerprint density at radius 3 is 2.81 bits per heavy atom. The van der Waals surface area contributed by atoms with Crippen molar-refractivity contribution in [1.82, 2.24) is 20.0 Å². The van der Waals surface area contributed by atoms with Gasteiger partial charge in [-0.2, -0.15) is 5.10 Å². The van der Waals surface area contributed by atoms with E-state index in [4.69, 9.17) is 0 Å². The average molecular weight is 294 g/mol. The number of carboxylic acids is 1. The van der Waals surface area contributed by atoms with Crippen molar-refractivity contribution in [2.75, 3.05) is 13.1 Å². The highest BCUT2D eigenvalue weighted by atomic mass is 16.4. The average Bonchev–Trinajstić information content (AvgIpc) is 3.05. The van der Waals surface area contributed by atoms with Crippen molar-refractivity contribution < 1.29 is 14.7 Å². The number of urea groups is 1. The predicted octanol–water partition coefficient (Wildman–Crippen LogP) is 1.47. The third-order valence-electron chi connectivity index (χ3n) is 4.09. The summed E-state index contributed by atoms with van der Waals surface area (Å²) >= 11 is 0. The van der Waals surface area contributed by atoms with Crippen LogP contribution in [-0.2, 0) is 11.3 Å². The number of hydrogen-bond donors (Lipinski definition) is 2. The predicted molar refractivity (Wildman–Crippen MR) is 76.8 cm³/mol. The van der Waals surface area contributed by atoms with Crippen molar-refractivity contribution in [3.05, 3.63) is 18.0 Å². The molecule has 2 amide bonds. The first-order valence-electron chi connectivity index (χ1n) is 7.17. The summed E-state index contributed by atoms with van der Waals surface area (Å²) in [4.78, 5) is 25.0. The highest BCUT2D eigenvalue weighted by molar-refractivity contribution is 5.79. The van der Waals surface area contributed by atoms with E-state index in [1.54, 1.807) is 22.7 Å². The van der Waals surface area contributed by atoms with E-state index in [0.29, 0.717) is 13.0 Å². The van der Waals surface area contributed by atoms with Gasteiger partial charge in [0.25, 0.3) is 0 Å². The lowest BCUT2D eigenvalue weighted by Gasteiger charge is -2.22. The number of amides is 2. The Kier molecular flexibility index (Phi) is 4.20. The number of aliphatic carboxylic acids is 1. The second-order valence-corrected chi connectivity index (χ2v) is 5.84. The van der Waals surface area contributed by atoms with E-state index in [1.165, 1.54) is 0 Å². The second kappa shape index (κ2) is 5.75. The summed E-state index contributed by atoms with van der Waals surface area (Å²) in [6.07, 6.45) is 4.12. The van der Waals surface area contributed by atoms with Crippen molar-refractivity contribution in [3.63, 3.8) is 0 Å². The number of rotatable bonds is 4. The van der Waals surface area contributed by atoms with Crippen LogP contribution in [0.1, 0.15) is 38.8 Å². The molecule has 0 unspecified atom stereocenters. The lowest BCUT2D eigenvalue weighted by Crippen LogP contribution is -2.41. The number of carbonyl (C=O) groups is 2. The first-order chi connectivity index (χ1) is 9.85. The molecule has 1 aliphatic rings. The summed E-state index contributed by atoms with van der Waals surface area (Å²) in [5.74, 6) is -0.852. The van der Waals surface area contributed by atoms with Gasteiger partial charge in [0.15, 0.2) is 0 Å². The fourth-order valence-corrected chi connectivity index (χ4v) is 2.44. The van der Waals surface area contributed by atoms with Gasteiger partial charge < -0.3 is 15.3 Å². The minimum Gasteiger partial charge on any atom is -0.481 e. The summed E-state index contributed by atoms with van der Waals surface area (Å²) in [6.45, 7) is 7.06. The van der Waals surface area contributed by atoms with Crippen LogP contribution in [0.15, 0.2) is 12.4 Å². The molecule has 1 aromatic heterocycles. The van der Waals surface area contributed by atoms with Gasteiger partial charge in [0.2, 0.25) is 0 Å². The van der Waals surface area contributed by atoms with Gasteiger partial charge in [-0.05, 0) is 27.2 Å². The smallest absolute Gasteiger partial charge is 0.317 e. The molecule has 0 aromatic carbocycles. The maximum atomic E-state index is 12.2.